The van der Waals surface area contributed by atoms with E-state index in [1.807, 2.05) is 32.9 Å². The first-order valence-corrected chi connectivity index (χ1v) is 15.9. The molecule has 1 unspecified atom stereocenters. The zero-order valence-corrected chi connectivity index (χ0v) is 27.2. The van der Waals surface area contributed by atoms with Crippen molar-refractivity contribution in [3.8, 4) is 0 Å². The lowest BCUT2D eigenvalue weighted by Crippen LogP contribution is -2.55. The average molecular weight is 641 g/mol. The van der Waals surface area contributed by atoms with Crippen LogP contribution in [0.4, 0.5) is 0 Å². The Morgan fingerprint density at radius 2 is 1.69 bits per heavy atom. The van der Waals surface area contributed by atoms with Crippen LogP contribution in [-0.4, -0.2) is 59.7 Å². The van der Waals surface area contributed by atoms with E-state index < -0.39 is 52.5 Å². The molecule has 5 N–H and O–H groups in total. The topological polar surface area (TPSA) is 154 Å². The average Bonchev–Trinajstić information content (AvgIpc) is 3.42. The van der Waals surface area contributed by atoms with Gasteiger partial charge in [0, 0.05) is 29.4 Å². The minimum atomic E-state index is -1.71. The van der Waals surface area contributed by atoms with Gasteiger partial charge in [0.2, 0.25) is 23.5 Å². The maximum Gasteiger partial charge on any atom is 0.289 e. The second-order valence-electron chi connectivity index (χ2n) is 12.1. The number of amides is 4. The monoisotopic (exact) mass is 640 g/mol. The van der Waals surface area contributed by atoms with Crippen molar-refractivity contribution in [2.24, 2.45) is 5.92 Å². The van der Waals surface area contributed by atoms with E-state index in [0.29, 0.717) is 30.0 Å². The largest absolute Gasteiger partial charge is 0.384 e. The smallest absolute Gasteiger partial charge is 0.289 e. The van der Waals surface area contributed by atoms with Gasteiger partial charge >= 0.3 is 0 Å². The van der Waals surface area contributed by atoms with Gasteiger partial charge in [-0.2, -0.15) is 0 Å². The molecule has 0 aliphatic carbocycles. The number of Topliss-reactive ketones (excluding diaryl/α,β-unsaturated/α-hetero) is 1. The minimum absolute atomic E-state index is 0.0381. The van der Waals surface area contributed by atoms with Crippen molar-refractivity contribution in [3.63, 3.8) is 0 Å². The maximum absolute atomic E-state index is 13.7. The molecule has 0 aromatic heterocycles. The van der Waals surface area contributed by atoms with Crippen molar-refractivity contribution in [2.75, 3.05) is 13.1 Å². The van der Waals surface area contributed by atoms with Crippen LogP contribution >= 0.6 is 11.6 Å². The summed E-state index contributed by atoms with van der Waals surface area (Å²) in [4.78, 5) is 65.1. The van der Waals surface area contributed by atoms with Crippen LogP contribution in [0.25, 0.3) is 0 Å². The normalized spacial score (nSPS) is 17.4. The number of nitrogens with one attached hydrogen (secondary N) is 4. The van der Waals surface area contributed by atoms with Crippen molar-refractivity contribution < 1.29 is 29.1 Å². The highest BCUT2D eigenvalue weighted by atomic mass is 35.5. The molecule has 0 bridgehead atoms. The summed E-state index contributed by atoms with van der Waals surface area (Å²) >= 11 is 6.29. The number of unbranched alkanes of at least 4 members (excludes halogenated alkanes) is 1. The summed E-state index contributed by atoms with van der Waals surface area (Å²) in [6.07, 6.45) is 1.65. The molecular weight excluding hydrogens is 596 g/mol. The first-order valence-electron chi connectivity index (χ1n) is 15.6. The summed E-state index contributed by atoms with van der Waals surface area (Å²) in [5.41, 5.74) is -1.47. The van der Waals surface area contributed by atoms with Crippen molar-refractivity contribution in [3.05, 3.63) is 70.7 Å². The van der Waals surface area contributed by atoms with Gasteiger partial charge in [-0.25, -0.2) is 0 Å². The second-order valence-corrected chi connectivity index (χ2v) is 12.5. The van der Waals surface area contributed by atoms with E-state index in [2.05, 4.69) is 21.3 Å². The number of benzene rings is 2. The number of carbonyl (C=O) groups is 5. The lowest BCUT2D eigenvalue weighted by Gasteiger charge is -2.43. The summed E-state index contributed by atoms with van der Waals surface area (Å²) in [5.74, 6) is -3.70. The van der Waals surface area contributed by atoms with E-state index in [9.17, 15) is 29.1 Å². The number of likely N-dealkylation sites (N-methyl/N-ethyl adjacent to an activating group) is 1. The van der Waals surface area contributed by atoms with E-state index in [4.69, 9.17) is 11.6 Å². The van der Waals surface area contributed by atoms with Crippen LogP contribution < -0.4 is 21.3 Å². The fraction of sp³-hybridized carbons (Fsp3) is 0.500. The fourth-order valence-electron chi connectivity index (χ4n) is 5.73. The van der Waals surface area contributed by atoms with E-state index in [-0.39, 0.29) is 31.7 Å². The van der Waals surface area contributed by atoms with E-state index in [0.717, 1.165) is 12.0 Å². The Bertz CT molecular complexity index is 1370. The molecule has 1 aliphatic heterocycles. The molecule has 1 saturated heterocycles. The lowest BCUT2D eigenvalue weighted by atomic mass is 9.65. The van der Waals surface area contributed by atoms with Crippen molar-refractivity contribution in [1.29, 1.82) is 0 Å². The van der Waals surface area contributed by atoms with Crippen molar-refractivity contribution in [1.82, 2.24) is 21.3 Å². The van der Waals surface area contributed by atoms with E-state index in [1.165, 1.54) is 0 Å². The molecule has 244 valence electrons. The van der Waals surface area contributed by atoms with Crippen molar-refractivity contribution in [2.45, 2.75) is 89.3 Å². The van der Waals surface area contributed by atoms with Crippen LogP contribution in [0.3, 0.4) is 0 Å². The molecule has 0 radical (unpaired) electrons. The summed E-state index contributed by atoms with van der Waals surface area (Å²) in [5, 5.41) is 23.4. The third kappa shape index (κ3) is 8.92. The predicted octanol–water partition coefficient (Wildman–Crippen LogP) is 3.29. The molecule has 0 spiro atoms. The minimum Gasteiger partial charge on any atom is -0.384 e. The summed E-state index contributed by atoms with van der Waals surface area (Å²) in [6, 6.07) is 13.7. The molecule has 1 heterocycles. The number of carbonyl (C=O) groups excluding carboxylic acids is 5. The zero-order valence-electron chi connectivity index (χ0n) is 26.5. The number of rotatable bonds is 16. The van der Waals surface area contributed by atoms with Gasteiger partial charge in [-0.15, -0.1) is 0 Å². The van der Waals surface area contributed by atoms with Gasteiger partial charge in [-0.1, -0.05) is 87.7 Å². The van der Waals surface area contributed by atoms with Gasteiger partial charge < -0.3 is 26.4 Å². The Morgan fingerprint density at radius 1 is 1.00 bits per heavy atom. The Hall–Kier alpha value is -3.76. The summed E-state index contributed by atoms with van der Waals surface area (Å²) in [7, 11) is 0. The molecule has 1 fully saturated rings. The van der Waals surface area contributed by atoms with Crippen LogP contribution in [0.15, 0.2) is 54.6 Å². The van der Waals surface area contributed by atoms with Gasteiger partial charge in [0.1, 0.15) is 11.6 Å². The van der Waals surface area contributed by atoms with E-state index >= 15 is 0 Å². The third-order valence-corrected chi connectivity index (χ3v) is 8.86. The lowest BCUT2D eigenvalue weighted by molar-refractivity contribution is -0.141. The summed E-state index contributed by atoms with van der Waals surface area (Å²) in [6.45, 7) is 7.95. The van der Waals surface area contributed by atoms with Gasteiger partial charge in [0.15, 0.2) is 0 Å². The highest BCUT2D eigenvalue weighted by Crippen LogP contribution is 2.45. The number of hydrogen-bond acceptors (Lipinski definition) is 6. The molecule has 45 heavy (non-hydrogen) atoms. The molecule has 1 aliphatic rings. The SMILES string of the molecule is CCCC[C@H](NC(=O)CC(O)(c1ccccc1)C(C)(C)c1cccc(Cl)c1)C(=O)N[C@@H](C[C@@H]1CCNC1=O)C(=O)C(=O)NCC. The molecule has 4 atom stereocenters. The highest BCUT2D eigenvalue weighted by Gasteiger charge is 2.48. The maximum atomic E-state index is 13.7. The molecule has 4 amide bonds. The van der Waals surface area contributed by atoms with Crippen molar-refractivity contribution >= 4 is 41.0 Å². The molecule has 2 aromatic rings. The highest BCUT2D eigenvalue weighted by molar-refractivity contribution is 6.38. The molecule has 11 heteroatoms. The Morgan fingerprint density at radius 3 is 2.29 bits per heavy atom. The van der Waals surface area contributed by atoms with Crippen LogP contribution in [0.2, 0.25) is 5.02 Å². The molecule has 0 saturated carbocycles. The third-order valence-electron chi connectivity index (χ3n) is 8.62. The molecule has 10 nitrogen and oxygen atoms in total. The Balaban J connectivity index is 1.88. The van der Waals surface area contributed by atoms with E-state index in [1.54, 1.807) is 49.4 Å². The van der Waals surface area contributed by atoms with Crippen LogP contribution in [-0.2, 0) is 35.0 Å². The fourth-order valence-corrected chi connectivity index (χ4v) is 5.92. The van der Waals surface area contributed by atoms with Gasteiger partial charge in [0.25, 0.3) is 5.91 Å². The Kier molecular flexibility index (Phi) is 12.7. The van der Waals surface area contributed by atoms with Crippen LogP contribution in [0.1, 0.15) is 77.3 Å². The van der Waals surface area contributed by atoms with Gasteiger partial charge in [0.05, 0.1) is 12.5 Å². The van der Waals surface area contributed by atoms with Crippen LogP contribution in [0, 0.1) is 5.92 Å². The molecule has 2 aromatic carbocycles. The number of ketones is 1. The second kappa shape index (κ2) is 16.0. The first kappa shape index (κ1) is 35.7. The molecular formula is C34H45ClN4O6. The Labute approximate surface area is 270 Å². The van der Waals surface area contributed by atoms with Gasteiger partial charge in [-0.05, 0) is 49.4 Å². The van der Waals surface area contributed by atoms with Gasteiger partial charge in [-0.3, -0.25) is 24.0 Å². The zero-order chi connectivity index (χ0) is 33.2. The van der Waals surface area contributed by atoms with Crippen LogP contribution in [0.5, 0.6) is 0 Å². The summed E-state index contributed by atoms with van der Waals surface area (Å²) < 4.78 is 0. The number of aliphatic hydroxyl groups is 1. The number of hydrogen-bond donors (Lipinski definition) is 5. The standard InChI is InChI=1S/C34H45ClN4O6/c1-5-7-16-26(31(43)39-27(29(41)32(44)36-6-2)19-22-17-18-37-30(22)42)38-28(40)21-34(45,23-12-9-8-10-13-23)33(3,4)24-14-11-15-25(35)20-24/h8-15,20,22,26-27,45H,5-7,16-19,21H2,1-4H3,(H,36,44)(H,37,42)(H,38,40)(H,39,43)/t22-,26-,27-,34?/m0/s1. The number of halogens is 1. The molecule has 3 rings (SSSR count). The first-order chi connectivity index (χ1) is 21.3. The predicted molar refractivity (Wildman–Crippen MR) is 172 cm³/mol. The quantitative estimate of drug-likeness (QED) is 0.178.